The molecule has 2 N–H and O–H groups in total. The van der Waals surface area contributed by atoms with Gasteiger partial charge in [-0.2, -0.15) is 0 Å². The molecule has 0 spiro atoms. The molecule has 0 saturated heterocycles. The summed E-state index contributed by atoms with van der Waals surface area (Å²) in [7, 11) is 0. The van der Waals surface area contributed by atoms with Crippen LogP contribution in [0.4, 0.5) is 10.5 Å². The van der Waals surface area contributed by atoms with Gasteiger partial charge in [-0.15, -0.1) is 0 Å². The molecule has 2 amide bonds. The van der Waals surface area contributed by atoms with E-state index < -0.39 is 12.3 Å². The molecule has 0 aliphatic carbocycles. The molecule has 6 heteroatoms. The Bertz CT molecular complexity index is 703. The highest BCUT2D eigenvalue weighted by molar-refractivity contribution is 6.36. The number of urea groups is 1. The second-order valence-corrected chi connectivity index (χ2v) is 6.55. The molecule has 0 fully saturated rings. The summed E-state index contributed by atoms with van der Waals surface area (Å²) in [4.78, 5) is 12.0. The molecule has 2 aromatic carbocycles. The molecule has 2 aromatic rings. The van der Waals surface area contributed by atoms with Gasteiger partial charge in [-0.05, 0) is 48.7 Å². The lowest BCUT2D eigenvalue weighted by atomic mass is 10.0. The Morgan fingerprint density at radius 1 is 1.04 bits per heavy atom. The quantitative estimate of drug-likeness (QED) is 0.670. The zero-order valence-electron chi connectivity index (χ0n) is 13.8. The van der Waals surface area contributed by atoms with Crippen molar-refractivity contribution in [2.24, 2.45) is 0 Å². The van der Waals surface area contributed by atoms with Gasteiger partial charge in [-0.3, -0.25) is 0 Å². The van der Waals surface area contributed by atoms with E-state index in [0.717, 1.165) is 0 Å². The van der Waals surface area contributed by atoms with Crippen molar-refractivity contribution in [3.63, 3.8) is 0 Å². The summed E-state index contributed by atoms with van der Waals surface area (Å²) >= 11 is 11.8. The third kappa shape index (κ3) is 5.32. The van der Waals surface area contributed by atoms with Crippen LogP contribution in [0.15, 0.2) is 42.5 Å². The number of benzene rings is 2. The minimum absolute atomic E-state index is 0.371. The zero-order chi connectivity index (χ0) is 17.7. The molecule has 24 heavy (non-hydrogen) atoms. The SMILES string of the molecule is CC(NC(=O)Nc1ccc(Cl)cc1Cl)Oc1ccc(C(C)C)cc1. The summed E-state index contributed by atoms with van der Waals surface area (Å²) in [5, 5.41) is 6.23. The molecule has 0 aromatic heterocycles. The highest BCUT2D eigenvalue weighted by Crippen LogP contribution is 2.25. The Morgan fingerprint density at radius 3 is 2.29 bits per heavy atom. The molecule has 0 aliphatic heterocycles. The van der Waals surface area contributed by atoms with E-state index in [4.69, 9.17) is 27.9 Å². The topological polar surface area (TPSA) is 50.4 Å². The molecule has 0 bridgehead atoms. The Morgan fingerprint density at radius 2 is 1.71 bits per heavy atom. The van der Waals surface area contributed by atoms with Gasteiger partial charge in [-0.1, -0.05) is 49.2 Å². The van der Waals surface area contributed by atoms with Crippen LogP contribution in [0, 0.1) is 0 Å². The van der Waals surface area contributed by atoms with Crippen molar-refractivity contribution in [3.8, 4) is 5.75 Å². The summed E-state index contributed by atoms with van der Waals surface area (Å²) in [6.45, 7) is 6.01. The first-order valence-electron chi connectivity index (χ1n) is 7.64. The van der Waals surface area contributed by atoms with Gasteiger partial charge in [0, 0.05) is 5.02 Å². The summed E-state index contributed by atoms with van der Waals surface area (Å²) < 4.78 is 5.68. The van der Waals surface area contributed by atoms with Gasteiger partial charge in [0.2, 0.25) is 0 Å². The van der Waals surface area contributed by atoms with Gasteiger partial charge in [0.05, 0.1) is 10.7 Å². The third-order valence-corrected chi connectivity index (χ3v) is 3.92. The molecular weight excluding hydrogens is 347 g/mol. The third-order valence-electron chi connectivity index (χ3n) is 3.37. The fraction of sp³-hybridized carbons (Fsp3) is 0.278. The minimum atomic E-state index is -0.499. The molecule has 128 valence electrons. The highest BCUT2D eigenvalue weighted by Gasteiger charge is 2.11. The predicted molar refractivity (Wildman–Crippen MR) is 99.2 cm³/mol. The minimum Gasteiger partial charge on any atom is -0.471 e. The molecule has 1 unspecified atom stereocenters. The lowest BCUT2D eigenvalue weighted by Gasteiger charge is -2.17. The first kappa shape index (κ1) is 18.4. The van der Waals surface area contributed by atoms with E-state index >= 15 is 0 Å². The van der Waals surface area contributed by atoms with Gasteiger partial charge < -0.3 is 15.4 Å². The second kappa shape index (κ2) is 8.27. The van der Waals surface area contributed by atoms with Crippen LogP contribution in [0.3, 0.4) is 0 Å². The summed E-state index contributed by atoms with van der Waals surface area (Å²) in [5.74, 6) is 1.15. The van der Waals surface area contributed by atoms with Crippen molar-refractivity contribution in [2.75, 3.05) is 5.32 Å². The smallest absolute Gasteiger partial charge is 0.322 e. The second-order valence-electron chi connectivity index (χ2n) is 5.71. The number of halogens is 2. The molecule has 0 aliphatic rings. The number of carbonyl (C=O) groups excluding carboxylic acids is 1. The van der Waals surface area contributed by atoms with Crippen molar-refractivity contribution < 1.29 is 9.53 Å². The van der Waals surface area contributed by atoms with Crippen LogP contribution >= 0.6 is 23.2 Å². The van der Waals surface area contributed by atoms with E-state index in [0.29, 0.717) is 27.4 Å². The maximum Gasteiger partial charge on any atom is 0.322 e. The first-order valence-corrected chi connectivity index (χ1v) is 8.40. The number of nitrogens with one attached hydrogen (secondary N) is 2. The molecular formula is C18H20Cl2N2O2. The van der Waals surface area contributed by atoms with Crippen LogP contribution in [-0.4, -0.2) is 12.3 Å². The van der Waals surface area contributed by atoms with E-state index in [1.54, 1.807) is 25.1 Å². The van der Waals surface area contributed by atoms with Crippen molar-refractivity contribution in [1.29, 1.82) is 0 Å². The van der Waals surface area contributed by atoms with Gasteiger partial charge in [0.15, 0.2) is 6.23 Å². The largest absolute Gasteiger partial charge is 0.471 e. The van der Waals surface area contributed by atoms with E-state index in [1.807, 2.05) is 24.3 Å². The van der Waals surface area contributed by atoms with E-state index in [2.05, 4.69) is 24.5 Å². The van der Waals surface area contributed by atoms with Crippen LogP contribution in [0.5, 0.6) is 5.75 Å². The summed E-state index contributed by atoms with van der Waals surface area (Å²) in [6, 6.07) is 12.3. The maximum atomic E-state index is 12.0. The van der Waals surface area contributed by atoms with Gasteiger partial charge >= 0.3 is 6.03 Å². The number of hydrogen-bond donors (Lipinski definition) is 2. The van der Waals surface area contributed by atoms with Crippen molar-refractivity contribution >= 4 is 34.9 Å². The predicted octanol–water partition coefficient (Wildman–Crippen LogP) is 5.66. The lowest BCUT2D eigenvalue weighted by molar-refractivity contribution is 0.183. The average molecular weight is 367 g/mol. The van der Waals surface area contributed by atoms with Crippen LogP contribution in [0.25, 0.3) is 0 Å². The highest BCUT2D eigenvalue weighted by atomic mass is 35.5. The standard InChI is InChI=1S/C18H20Cl2N2O2/c1-11(2)13-4-7-15(8-5-13)24-12(3)21-18(23)22-17-9-6-14(19)10-16(17)20/h4-12H,1-3H3,(H2,21,22,23). The number of amides is 2. The molecule has 2 rings (SSSR count). The molecule has 0 heterocycles. The molecule has 0 radical (unpaired) electrons. The van der Waals surface area contributed by atoms with Crippen molar-refractivity contribution in [2.45, 2.75) is 32.9 Å². The average Bonchev–Trinajstić information content (AvgIpc) is 2.50. The van der Waals surface area contributed by atoms with Gasteiger partial charge in [-0.25, -0.2) is 4.79 Å². The Balaban J connectivity index is 1.89. The molecule has 1 atom stereocenters. The zero-order valence-corrected chi connectivity index (χ0v) is 15.3. The van der Waals surface area contributed by atoms with Crippen LogP contribution in [-0.2, 0) is 0 Å². The first-order chi connectivity index (χ1) is 11.3. The number of hydrogen-bond acceptors (Lipinski definition) is 2. The van der Waals surface area contributed by atoms with Crippen LogP contribution in [0.2, 0.25) is 10.0 Å². The fourth-order valence-electron chi connectivity index (χ4n) is 2.10. The van der Waals surface area contributed by atoms with Crippen LogP contribution < -0.4 is 15.4 Å². The molecule has 0 saturated carbocycles. The van der Waals surface area contributed by atoms with Gasteiger partial charge in [0.25, 0.3) is 0 Å². The monoisotopic (exact) mass is 366 g/mol. The van der Waals surface area contributed by atoms with E-state index in [9.17, 15) is 4.79 Å². The Kier molecular flexibility index (Phi) is 6.35. The lowest BCUT2D eigenvalue weighted by Crippen LogP contribution is -2.39. The van der Waals surface area contributed by atoms with Crippen molar-refractivity contribution in [1.82, 2.24) is 5.32 Å². The molecule has 4 nitrogen and oxygen atoms in total. The summed E-state index contributed by atoms with van der Waals surface area (Å²) in [5.41, 5.74) is 1.71. The number of ether oxygens (including phenoxy) is 1. The number of carbonyl (C=O) groups is 1. The van der Waals surface area contributed by atoms with E-state index in [-0.39, 0.29) is 0 Å². The number of anilines is 1. The van der Waals surface area contributed by atoms with Crippen LogP contribution in [0.1, 0.15) is 32.3 Å². The van der Waals surface area contributed by atoms with E-state index in [1.165, 1.54) is 5.56 Å². The normalized spacial score (nSPS) is 11.9. The van der Waals surface area contributed by atoms with Gasteiger partial charge in [0.1, 0.15) is 5.75 Å². The maximum absolute atomic E-state index is 12.0. The number of rotatable bonds is 5. The summed E-state index contributed by atoms with van der Waals surface area (Å²) in [6.07, 6.45) is -0.499. The Hall–Kier alpha value is -1.91. The Labute approximate surface area is 152 Å². The fourth-order valence-corrected chi connectivity index (χ4v) is 2.55. The van der Waals surface area contributed by atoms with Crippen molar-refractivity contribution in [3.05, 3.63) is 58.1 Å².